The van der Waals surface area contributed by atoms with E-state index in [0.29, 0.717) is 23.8 Å². The van der Waals surface area contributed by atoms with Gasteiger partial charge in [0, 0.05) is 43.3 Å². The van der Waals surface area contributed by atoms with Gasteiger partial charge in [0.1, 0.15) is 5.70 Å². The van der Waals surface area contributed by atoms with Gasteiger partial charge in [-0.25, -0.2) is 5.01 Å². The van der Waals surface area contributed by atoms with Gasteiger partial charge in [0.25, 0.3) is 5.91 Å². The second-order valence-electron chi connectivity index (χ2n) is 7.21. The first kappa shape index (κ1) is 19.3. The van der Waals surface area contributed by atoms with Gasteiger partial charge in [-0.15, -0.1) is 0 Å². The van der Waals surface area contributed by atoms with Gasteiger partial charge in [-0.2, -0.15) is 0 Å². The van der Waals surface area contributed by atoms with Crippen molar-refractivity contribution in [2.24, 2.45) is 0 Å². The largest absolute Gasteiger partial charge is 0.368 e. The van der Waals surface area contributed by atoms with E-state index in [-0.39, 0.29) is 18.2 Å². The van der Waals surface area contributed by atoms with Crippen molar-refractivity contribution in [2.45, 2.75) is 13.3 Å². The number of amides is 2. The summed E-state index contributed by atoms with van der Waals surface area (Å²) in [5.74, 6) is -0.171. The Morgan fingerprint density at radius 1 is 1.03 bits per heavy atom. The number of hydrogen-bond acceptors (Lipinski definition) is 4. The molecule has 7 heteroatoms. The van der Waals surface area contributed by atoms with Gasteiger partial charge < -0.3 is 9.80 Å². The maximum Gasteiger partial charge on any atom is 0.271 e. The van der Waals surface area contributed by atoms with E-state index in [2.05, 4.69) is 17.2 Å². The Kier molecular flexibility index (Phi) is 5.45. The first-order valence-electron chi connectivity index (χ1n) is 9.68. The number of anilines is 2. The lowest BCUT2D eigenvalue weighted by Crippen LogP contribution is -2.53. The van der Waals surface area contributed by atoms with Gasteiger partial charge in [0.05, 0.1) is 5.69 Å². The van der Waals surface area contributed by atoms with E-state index in [1.807, 2.05) is 53.4 Å². The van der Waals surface area contributed by atoms with Crippen molar-refractivity contribution in [3.8, 4) is 0 Å². The number of halogens is 1. The van der Waals surface area contributed by atoms with Crippen molar-refractivity contribution >= 4 is 34.8 Å². The van der Waals surface area contributed by atoms with Crippen molar-refractivity contribution < 1.29 is 9.59 Å². The predicted octanol–water partition coefficient (Wildman–Crippen LogP) is 3.12. The van der Waals surface area contributed by atoms with Gasteiger partial charge >= 0.3 is 0 Å². The van der Waals surface area contributed by atoms with Crippen LogP contribution in [0.4, 0.5) is 11.4 Å². The highest BCUT2D eigenvalue weighted by Crippen LogP contribution is 2.26. The van der Waals surface area contributed by atoms with Gasteiger partial charge in [-0.1, -0.05) is 35.9 Å². The molecule has 2 aliphatic rings. The zero-order valence-electron chi connectivity index (χ0n) is 16.3. The second-order valence-corrected chi connectivity index (χ2v) is 7.64. The predicted molar refractivity (Wildman–Crippen MR) is 115 cm³/mol. The van der Waals surface area contributed by atoms with E-state index < -0.39 is 0 Å². The van der Waals surface area contributed by atoms with E-state index >= 15 is 0 Å². The number of hydrazine groups is 1. The van der Waals surface area contributed by atoms with Crippen molar-refractivity contribution in [2.75, 3.05) is 36.1 Å². The van der Waals surface area contributed by atoms with E-state index in [0.717, 1.165) is 24.5 Å². The van der Waals surface area contributed by atoms with E-state index in [9.17, 15) is 9.59 Å². The summed E-state index contributed by atoms with van der Waals surface area (Å²) in [5, 5.41) is 2.16. The molecule has 1 fully saturated rings. The maximum atomic E-state index is 13.0. The SMILES string of the molecule is Cc1ccc(Cl)cc1N1CCN(C(=O)C2=CCC(=O)N(c3ccccc3)N2)CC1. The molecule has 2 aromatic carbocycles. The van der Waals surface area contributed by atoms with Crippen LogP contribution >= 0.6 is 11.6 Å². The lowest BCUT2D eigenvalue weighted by Gasteiger charge is -2.38. The Morgan fingerprint density at radius 2 is 1.76 bits per heavy atom. The summed E-state index contributed by atoms with van der Waals surface area (Å²) in [6, 6.07) is 15.2. The fourth-order valence-corrected chi connectivity index (χ4v) is 3.84. The lowest BCUT2D eigenvalue weighted by molar-refractivity contribution is -0.128. The highest BCUT2D eigenvalue weighted by atomic mass is 35.5. The van der Waals surface area contributed by atoms with Crippen LogP contribution in [0.2, 0.25) is 5.02 Å². The zero-order chi connectivity index (χ0) is 20.4. The molecule has 0 atom stereocenters. The number of hydrogen-bond donors (Lipinski definition) is 1. The van der Waals surface area contributed by atoms with E-state index in [1.54, 1.807) is 6.08 Å². The minimum Gasteiger partial charge on any atom is -0.368 e. The molecule has 0 spiro atoms. The van der Waals surface area contributed by atoms with Gasteiger partial charge in [-0.05, 0) is 42.8 Å². The first-order chi connectivity index (χ1) is 14.0. The van der Waals surface area contributed by atoms with E-state index in [1.165, 1.54) is 10.6 Å². The third-order valence-corrected chi connectivity index (χ3v) is 5.52. The summed E-state index contributed by atoms with van der Waals surface area (Å²) in [7, 11) is 0. The lowest BCUT2D eigenvalue weighted by atomic mass is 10.1. The van der Waals surface area contributed by atoms with Gasteiger partial charge in [-0.3, -0.25) is 15.0 Å². The Labute approximate surface area is 175 Å². The number of carbonyl (C=O) groups excluding carboxylic acids is 2. The molecule has 2 heterocycles. The van der Waals surface area contributed by atoms with Crippen LogP contribution in [0.25, 0.3) is 0 Å². The fourth-order valence-electron chi connectivity index (χ4n) is 3.67. The number of carbonyl (C=O) groups is 2. The molecule has 2 amide bonds. The normalized spacial score (nSPS) is 17.1. The molecule has 29 heavy (non-hydrogen) atoms. The number of nitrogens with zero attached hydrogens (tertiary/aromatic N) is 3. The molecule has 150 valence electrons. The van der Waals surface area contributed by atoms with Crippen LogP contribution in [0.15, 0.2) is 60.3 Å². The van der Waals surface area contributed by atoms with Crippen LogP contribution in [0.1, 0.15) is 12.0 Å². The molecule has 1 saturated heterocycles. The number of rotatable bonds is 3. The van der Waals surface area contributed by atoms with Crippen molar-refractivity contribution in [1.29, 1.82) is 0 Å². The van der Waals surface area contributed by atoms with Crippen LogP contribution in [-0.2, 0) is 9.59 Å². The molecule has 0 radical (unpaired) electrons. The molecule has 0 bridgehead atoms. The Morgan fingerprint density at radius 3 is 2.48 bits per heavy atom. The Bertz CT molecular complexity index is 953. The van der Waals surface area contributed by atoms with E-state index in [4.69, 9.17) is 11.6 Å². The molecular formula is C22H23ClN4O2. The molecule has 4 rings (SSSR count). The molecule has 1 N–H and O–H groups in total. The number of para-hydroxylation sites is 1. The summed E-state index contributed by atoms with van der Waals surface area (Å²) in [5.41, 5.74) is 6.44. The number of piperazine rings is 1. The third-order valence-electron chi connectivity index (χ3n) is 5.29. The summed E-state index contributed by atoms with van der Waals surface area (Å²) in [6.45, 7) is 4.77. The maximum absolute atomic E-state index is 13.0. The van der Waals surface area contributed by atoms with Crippen LogP contribution in [0.3, 0.4) is 0 Å². The van der Waals surface area contributed by atoms with Crippen LogP contribution in [0.5, 0.6) is 0 Å². The first-order valence-corrected chi connectivity index (χ1v) is 10.1. The summed E-state index contributed by atoms with van der Waals surface area (Å²) in [6.07, 6.45) is 1.88. The van der Waals surface area contributed by atoms with Gasteiger partial charge in [0.15, 0.2) is 0 Å². The van der Waals surface area contributed by atoms with Crippen LogP contribution in [0, 0.1) is 6.92 Å². The standard InChI is InChI=1S/C22H23ClN4O2/c1-16-7-8-17(23)15-20(16)25-11-13-26(14-12-25)22(29)19-9-10-21(28)27(24-19)18-5-3-2-4-6-18/h2-9,15,24H,10-14H2,1H3. The summed E-state index contributed by atoms with van der Waals surface area (Å²) >= 11 is 6.15. The Balaban J connectivity index is 1.42. The number of aryl methyl sites for hydroxylation is 1. The molecule has 0 saturated carbocycles. The third kappa shape index (κ3) is 4.07. The second kappa shape index (κ2) is 8.17. The minimum absolute atomic E-state index is 0.0825. The van der Waals surface area contributed by atoms with Crippen molar-refractivity contribution in [3.63, 3.8) is 0 Å². The molecule has 0 aromatic heterocycles. The smallest absolute Gasteiger partial charge is 0.271 e. The van der Waals surface area contributed by atoms with Crippen molar-refractivity contribution in [1.82, 2.24) is 10.3 Å². The highest BCUT2D eigenvalue weighted by Gasteiger charge is 2.29. The highest BCUT2D eigenvalue weighted by molar-refractivity contribution is 6.30. The molecule has 2 aromatic rings. The minimum atomic E-state index is -0.0889. The average molecular weight is 411 g/mol. The molecular weight excluding hydrogens is 388 g/mol. The van der Waals surface area contributed by atoms with Crippen LogP contribution < -0.4 is 15.3 Å². The summed E-state index contributed by atoms with van der Waals surface area (Å²) in [4.78, 5) is 29.4. The zero-order valence-corrected chi connectivity index (χ0v) is 17.0. The topological polar surface area (TPSA) is 55.9 Å². The number of benzene rings is 2. The van der Waals surface area contributed by atoms with Crippen LogP contribution in [-0.4, -0.2) is 42.9 Å². The van der Waals surface area contributed by atoms with Gasteiger partial charge in [0.2, 0.25) is 5.91 Å². The molecule has 2 aliphatic heterocycles. The Hall–Kier alpha value is -2.99. The molecule has 0 aliphatic carbocycles. The van der Waals surface area contributed by atoms with Crippen molar-refractivity contribution in [3.05, 3.63) is 70.9 Å². The number of nitrogens with one attached hydrogen (secondary N) is 1. The fraction of sp³-hybridized carbons (Fsp3) is 0.273. The quantitative estimate of drug-likeness (QED) is 0.844. The molecule has 6 nitrogen and oxygen atoms in total. The average Bonchev–Trinajstić information content (AvgIpc) is 2.76. The molecule has 0 unspecified atom stereocenters. The summed E-state index contributed by atoms with van der Waals surface area (Å²) < 4.78 is 0. The monoisotopic (exact) mass is 410 g/mol.